The second-order valence-electron chi connectivity index (χ2n) is 12.9. The van der Waals surface area contributed by atoms with Gasteiger partial charge in [-0.1, -0.05) is 74.6 Å². The van der Waals surface area contributed by atoms with Gasteiger partial charge in [0.25, 0.3) is 0 Å². The van der Waals surface area contributed by atoms with Crippen molar-refractivity contribution in [2.24, 2.45) is 11.8 Å². The van der Waals surface area contributed by atoms with Crippen molar-refractivity contribution in [2.45, 2.75) is 65.5 Å². The van der Waals surface area contributed by atoms with Crippen LogP contribution in [-0.2, 0) is 36.6 Å². The lowest BCUT2D eigenvalue weighted by Gasteiger charge is -2.49. The van der Waals surface area contributed by atoms with Crippen LogP contribution in [0.15, 0.2) is 94.8 Å². The van der Waals surface area contributed by atoms with Gasteiger partial charge in [0.05, 0.1) is 20.4 Å². The highest BCUT2D eigenvalue weighted by Crippen LogP contribution is 2.63. The molecule has 0 radical (unpaired) electrons. The molecule has 0 bridgehead atoms. The number of fused-ring (bicyclic) bond motifs is 2. The lowest BCUT2D eigenvalue weighted by molar-refractivity contribution is 0.0438. The summed E-state index contributed by atoms with van der Waals surface area (Å²) in [5, 5.41) is 0.323. The first-order valence-corrected chi connectivity index (χ1v) is 27.7. The quantitative estimate of drug-likeness (QED) is 0.0629. The monoisotopic (exact) mass is 872 g/mol. The van der Waals surface area contributed by atoms with Crippen molar-refractivity contribution in [3.05, 3.63) is 105 Å². The van der Waals surface area contributed by atoms with E-state index in [2.05, 4.69) is 86.7 Å². The molecule has 296 valence electrons. The number of para-hydroxylation sites is 2. The standard InChI is InChI=1S/C40H52N2O6S5Si2/c1-9-43-54(44-10-2,45-11-3)39(37-41-31-23-15-17-25-33(31)49-37)29(7)21-19-27-35(39)51-53-52-36-28-20-22-30(8)40(36,55(46-12-4,47-13-5)48-14-6)38-42-32-24-16-18-26-34(32)50-38/h15-30H,9-14H2,1-8H3. The van der Waals surface area contributed by atoms with Crippen molar-refractivity contribution in [1.82, 2.24) is 9.97 Å². The molecule has 0 N–H and O–H groups in total. The maximum atomic E-state index is 6.85. The largest absolute Gasteiger partial charge is 0.520 e. The molecule has 6 rings (SSSR count). The molecule has 2 aliphatic rings. The fourth-order valence-corrected chi connectivity index (χ4v) is 24.2. The highest BCUT2D eigenvalue weighted by Gasteiger charge is 2.70. The van der Waals surface area contributed by atoms with Crippen LogP contribution >= 0.6 is 54.1 Å². The SMILES string of the molecule is CCO[Si](OCC)(OCC)C1(c2nc3ccccc3s2)C(SSSC2=CC=CC(C)C2(c2nc3ccccc3s2)[Si](OCC)(OCC)OCC)=CC=CC1C. The third-order valence-corrected chi connectivity index (χ3v) is 25.0. The van der Waals surface area contributed by atoms with Gasteiger partial charge >= 0.3 is 17.6 Å². The summed E-state index contributed by atoms with van der Waals surface area (Å²) in [7, 11) is -1.92. The predicted octanol–water partition coefficient (Wildman–Crippen LogP) is 11.5. The van der Waals surface area contributed by atoms with Crippen molar-refractivity contribution in [2.75, 3.05) is 39.6 Å². The highest BCUT2D eigenvalue weighted by molar-refractivity contribution is 9.10. The molecule has 0 fully saturated rings. The van der Waals surface area contributed by atoms with Crippen LogP contribution in [0.1, 0.15) is 65.4 Å². The van der Waals surface area contributed by atoms with Crippen LogP contribution in [0.2, 0.25) is 0 Å². The Balaban J connectivity index is 1.49. The number of hydrogen-bond acceptors (Lipinski definition) is 13. The summed E-state index contributed by atoms with van der Waals surface area (Å²) in [6.07, 6.45) is 13.2. The minimum Gasteiger partial charge on any atom is -0.373 e. The maximum absolute atomic E-state index is 6.85. The van der Waals surface area contributed by atoms with E-state index in [1.165, 1.54) is 0 Å². The highest BCUT2D eigenvalue weighted by atomic mass is 33.5. The maximum Gasteiger partial charge on any atom is 0.520 e. The Hall–Kier alpha value is -1.58. The third-order valence-electron chi connectivity index (χ3n) is 9.92. The van der Waals surface area contributed by atoms with E-state index in [0.717, 1.165) is 40.3 Å². The number of nitrogens with zero attached hydrogens (tertiary/aromatic N) is 2. The number of benzene rings is 2. The lowest BCUT2D eigenvalue weighted by atomic mass is 9.88. The van der Waals surface area contributed by atoms with Gasteiger partial charge in [-0.3, -0.25) is 0 Å². The molecule has 0 saturated carbocycles. The van der Waals surface area contributed by atoms with Crippen molar-refractivity contribution >= 4 is 92.1 Å². The first-order valence-electron chi connectivity index (χ1n) is 19.1. The molecule has 0 spiro atoms. The number of allylic oxidation sites excluding steroid dienone is 8. The van der Waals surface area contributed by atoms with Gasteiger partial charge in [0.1, 0.15) is 20.1 Å². The summed E-state index contributed by atoms with van der Waals surface area (Å²) in [5.41, 5.74) is 1.92. The molecule has 2 aromatic heterocycles. The number of hydrogen-bond donors (Lipinski definition) is 0. The van der Waals surface area contributed by atoms with E-state index in [1.807, 2.05) is 53.7 Å². The smallest absolute Gasteiger partial charge is 0.373 e. The minimum absolute atomic E-state index is 0.0323. The van der Waals surface area contributed by atoms with Gasteiger partial charge in [0.15, 0.2) is 0 Å². The van der Waals surface area contributed by atoms with Crippen LogP contribution in [0, 0.1) is 11.8 Å². The molecule has 2 aromatic carbocycles. The summed E-state index contributed by atoms with van der Waals surface area (Å²) >= 11 is 3.41. The Kier molecular flexibility index (Phi) is 14.9. The second kappa shape index (κ2) is 19.0. The molecule has 15 heteroatoms. The topological polar surface area (TPSA) is 81.2 Å². The zero-order valence-electron chi connectivity index (χ0n) is 32.9. The molecule has 4 unspecified atom stereocenters. The van der Waals surface area contributed by atoms with E-state index in [4.69, 9.17) is 36.5 Å². The average Bonchev–Trinajstić information content (AvgIpc) is 3.81. The molecule has 4 atom stereocenters. The van der Waals surface area contributed by atoms with Crippen LogP contribution in [0.5, 0.6) is 0 Å². The van der Waals surface area contributed by atoms with E-state index in [0.29, 0.717) is 39.6 Å². The fourth-order valence-electron chi connectivity index (χ4n) is 7.77. The molecule has 0 aliphatic heterocycles. The van der Waals surface area contributed by atoms with Gasteiger partial charge < -0.3 is 26.6 Å². The van der Waals surface area contributed by atoms with Gasteiger partial charge in [0.2, 0.25) is 0 Å². The summed E-state index contributed by atoms with van der Waals surface area (Å²) < 4.78 is 43.3. The second-order valence-corrected chi connectivity index (χ2v) is 24.5. The van der Waals surface area contributed by atoms with Gasteiger partial charge in [0, 0.05) is 49.5 Å². The lowest BCUT2D eigenvalue weighted by Crippen LogP contribution is -2.66. The van der Waals surface area contributed by atoms with Gasteiger partial charge in [-0.25, -0.2) is 9.97 Å². The molecular weight excluding hydrogens is 821 g/mol. The van der Waals surface area contributed by atoms with Crippen LogP contribution in [0.4, 0.5) is 0 Å². The van der Waals surface area contributed by atoms with E-state index >= 15 is 0 Å². The van der Waals surface area contributed by atoms with Crippen LogP contribution in [0.25, 0.3) is 20.4 Å². The zero-order valence-corrected chi connectivity index (χ0v) is 38.9. The number of aromatic nitrogens is 2. The average molecular weight is 873 g/mol. The normalized spacial score (nSPS) is 23.1. The number of thiazole rings is 2. The summed E-state index contributed by atoms with van der Waals surface area (Å²) in [6, 6.07) is 16.7. The molecule has 55 heavy (non-hydrogen) atoms. The molecule has 2 aliphatic carbocycles. The van der Waals surface area contributed by atoms with Gasteiger partial charge in [-0.15, -0.1) is 22.7 Å². The Labute approximate surface area is 348 Å². The van der Waals surface area contributed by atoms with E-state index < -0.39 is 27.7 Å². The summed E-state index contributed by atoms with van der Waals surface area (Å²) in [5.74, 6) is -0.0646. The fraction of sp³-hybridized carbons (Fsp3) is 0.450. The molecule has 0 saturated heterocycles. The predicted molar refractivity (Wildman–Crippen MR) is 239 cm³/mol. The zero-order chi connectivity index (χ0) is 39.1. The van der Waals surface area contributed by atoms with Gasteiger partial charge in [-0.05, 0) is 109 Å². The number of rotatable bonds is 20. The van der Waals surface area contributed by atoms with Crippen molar-refractivity contribution in [1.29, 1.82) is 0 Å². The molecule has 8 nitrogen and oxygen atoms in total. The van der Waals surface area contributed by atoms with Crippen LogP contribution in [-0.4, -0.2) is 67.2 Å². The van der Waals surface area contributed by atoms with E-state index in [1.54, 1.807) is 54.1 Å². The third kappa shape index (κ3) is 7.60. The summed E-state index contributed by atoms with van der Waals surface area (Å²) in [6.45, 7) is 19.3. The molecular formula is C40H52N2O6S5Si2. The first-order chi connectivity index (χ1) is 26.8. The molecule has 0 amide bonds. The first kappa shape index (κ1) is 43.0. The Morgan fingerprint density at radius 2 is 0.909 bits per heavy atom. The van der Waals surface area contributed by atoms with E-state index in [-0.39, 0.29) is 11.8 Å². The minimum atomic E-state index is -3.54. The van der Waals surface area contributed by atoms with Crippen molar-refractivity contribution in [3.63, 3.8) is 0 Å². The van der Waals surface area contributed by atoms with Crippen molar-refractivity contribution in [3.8, 4) is 0 Å². The van der Waals surface area contributed by atoms with Gasteiger partial charge in [-0.2, -0.15) is 0 Å². The van der Waals surface area contributed by atoms with Crippen molar-refractivity contribution < 1.29 is 26.6 Å². The van der Waals surface area contributed by atoms with Crippen LogP contribution in [0.3, 0.4) is 0 Å². The molecule has 2 heterocycles. The Bertz CT molecular complexity index is 1790. The summed E-state index contributed by atoms with van der Waals surface area (Å²) in [4.78, 5) is 12.9. The Morgan fingerprint density at radius 1 is 0.564 bits per heavy atom. The molecule has 4 aromatic rings. The van der Waals surface area contributed by atoms with E-state index in [9.17, 15) is 0 Å². The van der Waals surface area contributed by atoms with Crippen LogP contribution < -0.4 is 0 Å². The Morgan fingerprint density at radius 3 is 1.24 bits per heavy atom.